The summed E-state index contributed by atoms with van der Waals surface area (Å²) in [4.78, 5) is 2.50. The second-order valence-electron chi connectivity index (χ2n) is 12.5. The molecule has 0 bridgehead atoms. The number of anilines is 2. The van der Waals surface area contributed by atoms with Crippen molar-refractivity contribution in [3.63, 3.8) is 0 Å². The minimum absolute atomic E-state index is 0.663. The molecule has 10 rings (SSSR count). The number of fused-ring (bicyclic) bond motifs is 9. The Labute approximate surface area is 281 Å². The maximum atomic E-state index is 9.34. The minimum Gasteiger partial charge on any atom is -0.335 e. The zero-order valence-electron chi connectivity index (χ0n) is 25.9. The Hall–Kier alpha value is -6.15. The van der Waals surface area contributed by atoms with Gasteiger partial charge < -0.3 is 9.47 Å². The molecule has 0 spiro atoms. The van der Waals surface area contributed by atoms with Crippen LogP contribution in [0.25, 0.3) is 69.9 Å². The fourth-order valence-corrected chi connectivity index (χ4v) is 8.84. The summed E-state index contributed by atoms with van der Waals surface area (Å²) >= 11 is 1.88. The number of para-hydroxylation sites is 2. The van der Waals surface area contributed by atoms with Crippen molar-refractivity contribution in [1.29, 1.82) is 5.26 Å². The zero-order chi connectivity index (χ0) is 31.8. The lowest BCUT2D eigenvalue weighted by molar-refractivity contribution is 0.967. The van der Waals surface area contributed by atoms with Crippen LogP contribution in [-0.4, -0.2) is 4.57 Å². The number of hydrogen-bond acceptors (Lipinski definition) is 3. The Bertz CT molecular complexity index is 2780. The topological polar surface area (TPSA) is 32.0 Å². The van der Waals surface area contributed by atoms with Gasteiger partial charge in [0.05, 0.1) is 33.1 Å². The molecule has 3 nitrogen and oxygen atoms in total. The summed E-state index contributed by atoms with van der Waals surface area (Å²) in [6, 6.07) is 56.8. The third-order valence-corrected chi connectivity index (χ3v) is 11.1. The second-order valence-corrected chi connectivity index (χ2v) is 13.5. The van der Waals surface area contributed by atoms with Crippen LogP contribution in [0.3, 0.4) is 0 Å². The summed E-state index contributed by atoms with van der Waals surface area (Å²) in [7, 11) is 0. The van der Waals surface area contributed by atoms with Crippen LogP contribution in [0.5, 0.6) is 0 Å². The summed E-state index contributed by atoms with van der Waals surface area (Å²) < 4.78 is 4.96. The molecule has 0 amide bonds. The van der Waals surface area contributed by atoms with Gasteiger partial charge in [0.15, 0.2) is 0 Å². The number of thiophene rings is 1. The van der Waals surface area contributed by atoms with Gasteiger partial charge in [-0.3, -0.25) is 0 Å². The highest BCUT2D eigenvalue weighted by Gasteiger charge is 2.25. The van der Waals surface area contributed by atoms with Gasteiger partial charge in [0.1, 0.15) is 0 Å². The molecule has 1 aliphatic rings. The van der Waals surface area contributed by atoms with Crippen LogP contribution in [0.1, 0.15) is 11.1 Å². The molecular weight excluding hydrogens is 603 g/mol. The molecule has 0 saturated carbocycles. The first kappa shape index (κ1) is 27.0. The van der Waals surface area contributed by atoms with Crippen molar-refractivity contribution in [2.75, 3.05) is 4.90 Å². The van der Waals surface area contributed by atoms with Crippen molar-refractivity contribution in [1.82, 2.24) is 4.57 Å². The molecule has 4 heteroatoms. The smallest absolute Gasteiger partial charge is 0.0991 e. The summed E-state index contributed by atoms with van der Waals surface area (Å²) in [5, 5.41) is 14.4. The van der Waals surface area contributed by atoms with E-state index in [1.165, 1.54) is 70.1 Å². The quantitative estimate of drug-likeness (QED) is 0.195. The van der Waals surface area contributed by atoms with E-state index in [4.69, 9.17) is 0 Å². The van der Waals surface area contributed by atoms with Gasteiger partial charge in [0, 0.05) is 49.7 Å². The van der Waals surface area contributed by atoms with Crippen LogP contribution in [0.2, 0.25) is 0 Å². The monoisotopic (exact) mass is 629 g/mol. The van der Waals surface area contributed by atoms with Crippen LogP contribution in [0.4, 0.5) is 11.4 Å². The first-order chi connectivity index (χ1) is 23.7. The Balaban J connectivity index is 1.09. The van der Waals surface area contributed by atoms with E-state index in [1.54, 1.807) is 0 Å². The molecule has 224 valence electrons. The van der Waals surface area contributed by atoms with Crippen molar-refractivity contribution in [2.24, 2.45) is 0 Å². The molecular formula is C44H27N3S. The lowest BCUT2D eigenvalue weighted by Gasteiger charge is -2.33. The van der Waals surface area contributed by atoms with Gasteiger partial charge in [-0.25, -0.2) is 0 Å². The van der Waals surface area contributed by atoms with Crippen molar-refractivity contribution in [3.8, 4) is 34.0 Å². The van der Waals surface area contributed by atoms with Gasteiger partial charge in [-0.2, -0.15) is 5.26 Å². The average molecular weight is 630 g/mol. The number of hydrogen-bond donors (Lipinski definition) is 0. The fraction of sp³-hybridized carbons (Fsp3) is 0.0227. The Morgan fingerprint density at radius 3 is 2.15 bits per heavy atom. The normalized spacial score (nSPS) is 12.4. The summed E-state index contributed by atoms with van der Waals surface area (Å²) in [6.45, 7) is 0.817. The largest absolute Gasteiger partial charge is 0.335 e. The summed E-state index contributed by atoms with van der Waals surface area (Å²) in [5.74, 6) is 0. The van der Waals surface area contributed by atoms with Gasteiger partial charge in [-0.1, -0.05) is 84.9 Å². The molecule has 9 aromatic rings. The standard InChI is InChI=1S/C44H27N3S/c45-26-28-16-21-32(22-17-28)47-40-13-5-2-9-34(40)38-25-30(20-23-41(38)47)29-18-19-31-27-46(39-12-4-1-8-33(39)37(31)24-29)42-14-7-11-36-35-10-3-6-15-43(35)48-44(36)42/h1-25H,27H2. The summed E-state index contributed by atoms with van der Waals surface area (Å²) in [5.41, 5.74) is 12.8. The maximum absolute atomic E-state index is 9.34. The highest BCUT2D eigenvalue weighted by atomic mass is 32.1. The van der Waals surface area contributed by atoms with E-state index >= 15 is 0 Å². The SMILES string of the molecule is N#Cc1ccc(-n2c3ccccc3c3cc(-c4ccc5c(c4)-c4ccccc4N(c4cccc6c4sc4ccccc46)C5)ccc32)cc1. The molecule has 0 aliphatic carbocycles. The minimum atomic E-state index is 0.663. The van der Waals surface area contributed by atoms with E-state index in [0.717, 1.165) is 23.3 Å². The van der Waals surface area contributed by atoms with Crippen molar-refractivity contribution in [3.05, 3.63) is 163 Å². The van der Waals surface area contributed by atoms with Gasteiger partial charge in [0.2, 0.25) is 0 Å². The van der Waals surface area contributed by atoms with Gasteiger partial charge in [-0.05, 0) is 89.0 Å². The fourth-order valence-electron chi connectivity index (χ4n) is 7.61. The molecule has 0 N–H and O–H groups in total. The number of nitriles is 1. The van der Waals surface area contributed by atoms with Crippen molar-refractivity contribution < 1.29 is 0 Å². The van der Waals surface area contributed by atoms with E-state index in [2.05, 4.69) is 143 Å². The molecule has 1 aliphatic heterocycles. The molecule has 0 fully saturated rings. The predicted octanol–water partition coefficient (Wildman–Crippen LogP) is 12.0. The lowest BCUT2D eigenvalue weighted by atomic mass is 9.89. The predicted molar refractivity (Wildman–Crippen MR) is 202 cm³/mol. The number of nitrogens with zero attached hydrogens (tertiary/aromatic N) is 3. The first-order valence-corrected chi connectivity index (χ1v) is 17.0. The van der Waals surface area contributed by atoms with E-state index in [0.29, 0.717) is 5.56 Å². The van der Waals surface area contributed by atoms with Crippen molar-refractivity contribution >= 4 is 64.7 Å². The molecule has 3 heterocycles. The number of aromatic nitrogens is 1. The zero-order valence-corrected chi connectivity index (χ0v) is 26.7. The van der Waals surface area contributed by atoms with Crippen LogP contribution < -0.4 is 4.90 Å². The average Bonchev–Trinajstić information content (AvgIpc) is 3.70. The molecule has 7 aromatic carbocycles. The van der Waals surface area contributed by atoms with Crippen LogP contribution >= 0.6 is 11.3 Å². The van der Waals surface area contributed by atoms with Gasteiger partial charge >= 0.3 is 0 Å². The third kappa shape index (κ3) is 3.99. The van der Waals surface area contributed by atoms with E-state index in [1.807, 2.05) is 35.6 Å². The summed E-state index contributed by atoms with van der Waals surface area (Å²) in [6.07, 6.45) is 0. The highest BCUT2D eigenvalue weighted by molar-refractivity contribution is 7.26. The Morgan fingerprint density at radius 1 is 0.542 bits per heavy atom. The molecule has 2 aromatic heterocycles. The van der Waals surface area contributed by atoms with Crippen LogP contribution in [0.15, 0.2) is 152 Å². The molecule has 0 radical (unpaired) electrons. The van der Waals surface area contributed by atoms with Crippen LogP contribution in [0, 0.1) is 11.3 Å². The molecule has 0 unspecified atom stereocenters. The Morgan fingerprint density at radius 2 is 1.25 bits per heavy atom. The molecule has 0 atom stereocenters. The van der Waals surface area contributed by atoms with E-state index < -0.39 is 0 Å². The number of rotatable bonds is 3. The van der Waals surface area contributed by atoms with E-state index in [9.17, 15) is 5.26 Å². The first-order valence-electron chi connectivity index (χ1n) is 16.2. The van der Waals surface area contributed by atoms with Crippen molar-refractivity contribution in [2.45, 2.75) is 6.54 Å². The van der Waals surface area contributed by atoms with Gasteiger partial charge in [-0.15, -0.1) is 11.3 Å². The maximum Gasteiger partial charge on any atom is 0.0991 e. The third-order valence-electron chi connectivity index (χ3n) is 9.86. The Kier molecular flexibility index (Phi) is 5.87. The van der Waals surface area contributed by atoms with E-state index in [-0.39, 0.29) is 0 Å². The van der Waals surface area contributed by atoms with Crippen LogP contribution in [-0.2, 0) is 6.54 Å². The van der Waals surface area contributed by atoms with Gasteiger partial charge in [0.25, 0.3) is 0 Å². The molecule has 0 saturated heterocycles. The second kappa shape index (κ2) is 10.4. The lowest BCUT2D eigenvalue weighted by Crippen LogP contribution is -2.21. The highest BCUT2D eigenvalue weighted by Crippen LogP contribution is 2.48. The number of benzene rings is 7. The molecule has 48 heavy (non-hydrogen) atoms.